The van der Waals surface area contributed by atoms with Crippen LogP contribution in [0.15, 0.2) is 24.3 Å². The fraction of sp³-hybridized carbons (Fsp3) is 0.273. The maximum absolute atomic E-state index is 11.3. The molecule has 16 heavy (non-hydrogen) atoms. The van der Waals surface area contributed by atoms with Crippen molar-refractivity contribution in [1.82, 2.24) is 0 Å². The average molecular weight is 243 g/mol. The van der Waals surface area contributed by atoms with Crippen molar-refractivity contribution in [3.63, 3.8) is 0 Å². The lowest BCUT2D eigenvalue weighted by molar-refractivity contribution is -0.131. The quantitative estimate of drug-likeness (QED) is 0.460. The molecule has 5 heteroatoms. The highest BCUT2D eigenvalue weighted by molar-refractivity contribution is 6.26. The van der Waals surface area contributed by atoms with Crippen molar-refractivity contribution in [2.45, 2.75) is 6.92 Å². The Bertz CT molecular complexity index is 372. The van der Waals surface area contributed by atoms with Crippen LogP contribution < -0.4 is 4.74 Å². The Morgan fingerprint density at radius 1 is 1.25 bits per heavy atom. The third-order valence-electron chi connectivity index (χ3n) is 1.71. The summed E-state index contributed by atoms with van der Waals surface area (Å²) in [6.07, 6.45) is 0. The number of benzene rings is 1. The zero-order valence-electron chi connectivity index (χ0n) is 8.73. The highest BCUT2D eigenvalue weighted by atomic mass is 35.5. The van der Waals surface area contributed by atoms with Gasteiger partial charge in [-0.3, -0.25) is 4.79 Å². The summed E-state index contributed by atoms with van der Waals surface area (Å²) in [6.45, 7) is 2.05. The third-order valence-corrected chi connectivity index (χ3v) is 1.92. The van der Waals surface area contributed by atoms with E-state index in [2.05, 4.69) is 0 Å². The van der Waals surface area contributed by atoms with Crippen molar-refractivity contribution in [3.8, 4) is 5.75 Å². The lowest BCUT2D eigenvalue weighted by Crippen LogP contribution is -2.09. The van der Waals surface area contributed by atoms with Gasteiger partial charge in [0.2, 0.25) is 0 Å². The summed E-state index contributed by atoms with van der Waals surface area (Å²) in [5, 5.41) is 0. The first kappa shape index (κ1) is 12.5. The first-order valence-electron chi connectivity index (χ1n) is 4.71. The Morgan fingerprint density at radius 2 is 1.88 bits per heavy atom. The predicted octanol–water partition coefficient (Wildman–Crippen LogP) is 2.01. The molecule has 0 unspecified atom stereocenters. The number of rotatable bonds is 4. The molecule has 0 bridgehead atoms. The van der Waals surface area contributed by atoms with E-state index in [-0.39, 0.29) is 5.88 Å². The van der Waals surface area contributed by atoms with Crippen molar-refractivity contribution in [2.24, 2.45) is 0 Å². The minimum atomic E-state index is -0.537. The molecule has 0 radical (unpaired) electrons. The summed E-state index contributed by atoms with van der Waals surface area (Å²) in [5.74, 6) is -0.804. The lowest BCUT2D eigenvalue weighted by Gasteiger charge is -2.04. The molecular formula is C11H11ClO4. The molecule has 0 spiro atoms. The van der Waals surface area contributed by atoms with E-state index in [9.17, 15) is 9.59 Å². The van der Waals surface area contributed by atoms with Crippen molar-refractivity contribution in [2.75, 3.05) is 12.5 Å². The summed E-state index contributed by atoms with van der Waals surface area (Å²) >= 11 is 5.28. The van der Waals surface area contributed by atoms with Gasteiger partial charge in [-0.25, -0.2) is 4.79 Å². The molecule has 0 atom stereocenters. The van der Waals surface area contributed by atoms with Gasteiger partial charge in [0.1, 0.15) is 11.6 Å². The van der Waals surface area contributed by atoms with Crippen LogP contribution in [0.4, 0.5) is 0 Å². The summed E-state index contributed by atoms with van der Waals surface area (Å²) in [7, 11) is 0. The third kappa shape index (κ3) is 3.55. The van der Waals surface area contributed by atoms with E-state index in [1.165, 1.54) is 24.3 Å². The number of ether oxygens (including phenoxy) is 2. The van der Waals surface area contributed by atoms with Crippen LogP contribution in [-0.4, -0.2) is 24.4 Å². The number of carbonyl (C=O) groups is 2. The van der Waals surface area contributed by atoms with Crippen LogP contribution in [0.2, 0.25) is 0 Å². The van der Waals surface area contributed by atoms with E-state index in [0.29, 0.717) is 17.9 Å². The maximum atomic E-state index is 11.3. The summed E-state index contributed by atoms with van der Waals surface area (Å²) in [5.41, 5.74) is 0.410. The van der Waals surface area contributed by atoms with Gasteiger partial charge in [-0.1, -0.05) is 0 Å². The Morgan fingerprint density at radius 3 is 2.38 bits per heavy atom. The number of hydrogen-bond donors (Lipinski definition) is 0. The van der Waals surface area contributed by atoms with Crippen molar-refractivity contribution >= 4 is 23.5 Å². The molecule has 86 valence electrons. The van der Waals surface area contributed by atoms with Crippen LogP contribution in [0.1, 0.15) is 17.3 Å². The number of hydrogen-bond acceptors (Lipinski definition) is 4. The normalized spacial score (nSPS) is 9.62. The molecule has 0 heterocycles. The molecule has 0 amide bonds. The minimum absolute atomic E-state index is 0.209. The Kier molecular flexibility index (Phi) is 4.79. The number of halogens is 1. The van der Waals surface area contributed by atoms with Crippen LogP contribution in [0.5, 0.6) is 5.75 Å². The second-order valence-corrected chi connectivity index (χ2v) is 3.12. The second kappa shape index (κ2) is 6.12. The SMILES string of the molecule is CCOC(=O)c1ccc(OC(=O)CCl)cc1. The maximum Gasteiger partial charge on any atom is 0.338 e. The molecule has 0 saturated heterocycles. The highest BCUT2D eigenvalue weighted by Crippen LogP contribution is 2.13. The van der Waals surface area contributed by atoms with Gasteiger partial charge in [-0.05, 0) is 31.2 Å². The molecule has 0 saturated carbocycles. The standard InChI is InChI=1S/C11H11ClO4/c1-2-15-11(14)8-3-5-9(6-4-8)16-10(13)7-12/h3-6H,2,7H2,1H3. The van der Waals surface area contributed by atoms with Gasteiger partial charge < -0.3 is 9.47 Å². The van der Waals surface area contributed by atoms with Gasteiger partial charge in [-0.15, -0.1) is 11.6 Å². The molecule has 0 aliphatic carbocycles. The molecule has 0 N–H and O–H groups in total. The van der Waals surface area contributed by atoms with E-state index >= 15 is 0 Å². The Hall–Kier alpha value is -1.55. The second-order valence-electron chi connectivity index (χ2n) is 2.85. The highest BCUT2D eigenvalue weighted by Gasteiger charge is 2.07. The fourth-order valence-corrected chi connectivity index (χ4v) is 1.09. The first-order valence-corrected chi connectivity index (χ1v) is 5.24. The molecule has 1 aromatic rings. The minimum Gasteiger partial charge on any atom is -0.462 e. The summed E-state index contributed by atoms with van der Waals surface area (Å²) in [6, 6.07) is 6.07. The number of alkyl halides is 1. The van der Waals surface area contributed by atoms with Gasteiger partial charge in [0.15, 0.2) is 0 Å². The van der Waals surface area contributed by atoms with E-state index in [4.69, 9.17) is 21.1 Å². The van der Waals surface area contributed by atoms with Crippen LogP contribution in [0.25, 0.3) is 0 Å². The van der Waals surface area contributed by atoms with E-state index in [1.807, 2.05) is 0 Å². The lowest BCUT2D eigenvalue weighted by atomic mass is 10.2. The molecule has 0 aliphatic heterocycles. The number of esters is 2. The van der Waals surface area contributed by atoms with Gasteiger partial charge >= 0.3 is 11.9 Å². The largest absolute Gasteiger partial charge is 0.462 e. The van der Waals surface area contributed by atoms with Gasteiger partial charge in [0.05, 0.1) is 12.2 Å². The predicted molar refractivity (Wildman–Crippen MR) is 58.8 cm³/mol. The van der Waals surface area contributed by atoms with Crippen molar-refractivity contribution < 1.29 is 19.1 Å². The zero-order valence-corrected chi connectivity index (χ0v) is 9.49. The van der Waals surface area contributed by atoms with Crippen LogP contribution in [0, 0.1) is 0 Å². The van der Waals surface area contributed by atoms with Gasteiger partial charge in [-0.2, -0.15) is 0 Å². The monoisotopic (exact) mass is 242 g/mol. The zero-order chi connectivity index (χ0) is 12.0. The Labute approximate surface area is 98.1 Å². The van der Waals surface area contributed by atoms with E-state index < -0.39 is 11.9 Å². The topological polar surface area (TPSA) is 52.6 Å². The molecule has 0 fully saturated rings. The van der Waals surface area contributed by atoms with Crippen LogP contribution in [0.3, 0.4) is 0 Å². The van der Waals surface area contributed by atoms with E-state index in [1.54, 1.807) is 6.92 Å². The van der Waals surface area contributed by atoms with Crippen LogP contribution in [-0.2, 0) is 9.53 Å². The molecular weight excluding hydrogens is 232 g/mol. The molecule has 1 rings (SSSR count). The van der Waals surface area contributed by atoms with Crippen LogP contribution >= 0.6 is 11.6 Å². The summed E-state index contributed by atoms with van der Waals surface area (Å²) in [4.78, 5) is 22.1. The first-order chi connectivity index (χ1) is 7.67. The van der Waals surface area contributed by atoms with Crippen molar-refractivity contribution in [3.05, 3.63) is 29.8 Å². The molecule has 0 aromatic heterocycles. The Balaban J connectivity index is 2.67. The van der Waals surface area contributed by atoms with Crippen molar-refractivity contribution in [1.29, 1.82) is 0 Å². The molecule has 1 aromatic carbocycles. The van der Waals surface area contributed by atoms with E-state index in [0.717, 1.165) is 0 Å². The van der Waals surface area contributed by atoms with Gasteiger partial charge in [0, 0.05) is 0 Å². The fourth-order valence-electron chi connectivity index (χ4n) is 1.03. The average Bonchev–Trinajstić information content (AvgIpc) is 2.30. The number of carbonyl (C=O) groups excluding carboxylic acids is 2. The molecule has 4 nitrogen and oxygen atoms in total. The smallest absolute Gasteiger partial charge is 0.338 e. The van der Waals surface area contributed by atoms with Gasteiger partial charge in [0.25, 0.3) is 0 Å². The summed E-state index contributed by atoms with van der Waals surface area (Å²) < 4.78 is 9.64. The molecule has 0 aliphatic rings.